The summed E-state index contributed by atoms with van der Waals surface area (Å²) in [5, 5.41) is 13.3. The first-order valence-corrected chi connectivity index (χ1v) is 7.41. The number of aliphatic carboxylic acids is 1. The van der Waals surface area contributed by atoms with Crippen molar-refractivity contribution >= 4 is 23.4 Å². The summed E-state index contributed by atoms with van der Waals surface area (Å²) in [7, 11) is 0. The lowest BCUT2D eigenvalue weighted by atomic mass is 10.0. The highest BCUT2D eigenvalue weighted by molar-refractivity contribution is 6.30. The van der Waals surface area contributed by atoms with Gasteiger partial charge in [0.1, 0.15) is 18.4 Å². The Kier molecular flexibility index (Phi) is 5.84. The predicted molar refractivity (Wildman–Crippen MR) is 81.2 cm³/mol. The standard InChI is InChI=1S/C17H15ClFNO3/c18-13-5-1-11(2-6-13)10-20-15(17(22)23)9-16(21)12-3-7-14(19)8-4-12/h1-8,15,20H,9-10H2,(H,22,23)/t15-/m0/s1. The summed E-state index contributed by atoms with van der Waals surface area (Å²) in [4.78, 5) is 23.3. The van der Waals surface area contributed by atoms with Gasteiger partial charge in [-0.25, -0.2) is 4.39 Å². The van der Waals surface area contributed by atoms with E-state index in [-0.39, 0.29) is 17.8 Å². The van der Waals surface area contributed by atoms with Crippen molar-refractivity contribution in [2.75, 3.05) is 0 Å². The van der Waals surface area contributed by atoms with Gasteiger partial charge in [-0.15, -0.1) is 0 Å². The minimum Gasteiger partial charge on any atom is -0.544 e. The number of Topliss-reactive ketones (excluding diaryl/α,β-unsaturated/α-hetero) is 1. The molecule has 1 atom stereocenters. The van der Waals surface area contributed by atoms with Gasteiger partial charge in [-0.05, 0) is 36.4 Å². The molecule has 0 saturated heterocycles. The molecule has 2 rings (SSSR count). The molecule has 0 fully saturated rings. The Morgan fingerprint density at radius 2 is 1.70 bits per heavy atom. The van der Waals surface area contributed by atoms with Crippen molar-refractivity contribution in [3.8, 4) is 0 Å². The van der Waals surface area contributed by atoms with Crippen LogP contribution in [-0.2, 0) is 11.3 Å². The molecule has 6 heteroatoms. The Hall–Kier alpha value is -2.24. The molecule has 2 N–H and O–H groups in total. The normalized spacial score (nSPS) is 11.9. The number of carbonyl (C=O) groups is 2. The van der Waals surface area contributed by atoms with E-state index in [1.807, 2.05) is 0 Å². The number of ketones is 1. The molecule has 0 unspecified atom stereocenters. The summed E-state index contributed by atoms with van der Waals surface area (Å²) in [5.74, 6) is -2.13. The van der Waals surface area contributed by atoms with Crippen LogP contribution in [0.1, 0.15) is 22.3 Å². The van der Waals surface area contributed by atoms with E-state index in [0.29, 0.717) is 11.6 Å². The second kappa shape index (κ2) is 7.85. The van der Waals surface area contributed by atoms with E-state index < -0.39 is 17.8 Å². The molecule has 4 nitrogen and oxygen atoms in total. The topological polar surface area (TPSA) is 73.8 Å². The van der Waals surface area contributed by atoms with Crippen molar-refractivity contribution in [3.05, 3.63) is 70.5 Å². The van der Waals surface area contributed by atoms with Gasteiger partial charge < -0.3 is 15.2 Å². The highest BCUT2D eigenvalue weighted by atomic mass is 35.5. The van der Waals surface area contributed by atoms with Crippen LogP contribution in [0.4, 0.5) is 4.39 Å². The molecule has 0 heterocycles. The largest absolute Gasteiger partial charge is 0.544 e. The zero-order valence-electron chi connectivity index (χ0n) is 12.2. The van der Waals surface area contributed by atoms with Crippen LogP contribution in [0.15, 0.2) is 48.5 Å². The quantitative estimate of drug-likeness (QED) is 0.765. The third-order valence-corrected chi connectivity index (χ3v) is 3.68. The van der Waals surface area contributed by atoms with E-state index in [2.05, 4.69) is 0 Å². The third-order valence-electron chi connectivity index (χ3n) is 3.43. The average molecular weight is 336 g/mol. The number of halogens is 2. The molecule has 23 heavy (non-hydrogen) atoms. The molecule has 0 radical (unpaired) electrons. The molecule has 2 aromatic rings. The fourth-order valence-electron chi connectivity index (χ4n) is 2.12. The fourth-order valence-corrected chi connectivity index (χ4v) is 2.24. The minimum absolute atomic E-state index is 0.221. The van der Waals surface area contributed by atoms with Crippen LogP contribution in [0.5, 0.6) is 0 Å². The number of nitrogens with two attached hydrogens (primary N) is 1. The van der Waals surface area contributed by atoms with Gasteiger partial charge in [0.25, 0.3) is 0 Å². The van der Waals surface area contributed by atoms with Crippen LogP contribution in [0, 0.1) is 5.82 Å². The molecule has 2 aromatic carbocycles. The number of hydrogen-bond acceptors (Lipinski definition) is 3. The molecule has 0 bridgehead atoms. The number of rotatable bonds is 7. The molecule has 0 amide bonds. The van der Waals surface area contributed by atoms with Gasteiger partial charge in [-0.3, -0.25) is 4.79 Å². The Balaban J connectivity index is 1.98. The molecule has 120 valence electrons. The van der Waals surface area contributed by atoms with Gasteiger partial charge in [0.2, 0.25) is 0 Å². The highest BCUT2D eigenvalue weighted by Gasteiger charge is 2.19. The summed E-state index contributed by atoms with van der Waals surface area (Å²) >= 11 is 5.79. The van der Waals surface area contributed by atoms with E-state index in [1.54, 1.807) is 24.3 Å². The van der Waals surface area contributed by atoms with E-state index in [9.17, 15) is 19.1 Å². The third kappa shape index (κ3) is 5.16. The van der Waals surface area contributed by atoms with Crippen molar-refractivity contribution in [2.24, 2.45) is 0 Å². The summed E-state index contributed by atoms with van der Waals surface area (Å²) in [6.07, 6.45) is -0.221. The Morgan fingerprint density at radius 1 is 1.09 bits per heavy atom. The van der Waals surface area contributed by atoms with Crippen LogP contribution in [0.3, 0.4) is 0 Å². The van der Waals surface area contributed by atoms with E-state index in [0.717, 1.165) is 5.56 Å². The number of carboxylic acids is 1. The lowest BCUT2D eigenvalue weighted by Crippen LogP contribution is -2.92. The van der Waals surface area contributed by atoms with Crippen LogP contribution < -0.4 is 10.4 Å². The lowest BCUT2D eigenvalue weighted by Gasteiger charge is -2.16. The predicted octanol–water partition coefficient (Wildman–Crippen LogP) is 0.934. The van der Waals surface area contributed by atoms with Crippen LogP contribution in [-0.4, -0.2) is 17.8 Å². The minimum atomic E-state index is -1.31. The van der Waals surface area contributed by atoms with E-state index >= 15 is 0 Å². The first-order chi connectivity index (χ1) is 11.0. The van der Waals surface area contributed by atoms with Gasteiger partial charge in [0.15, 0.2) is 5.78 Å². The summed E-state index contributed by atoms with van der Waals surface area (Å²) in [6.45, 7) is 0.381. The fraction of sp³-hybridized carbons (Fsp3) is 0.176. The number of carbonyl (C=O) groups excluding carboxylic acids is 2. The van der Waals surface area contributed by atoms with Gasteiger partial charge in [0.05, 0.1) is 12.4 Å². The van der Waals surface area contributed by atoms with Crippen molar-refractivity contribution < 1.29 is 24.4 Å². The second-order valence-electron chi connectivity index (χ2n) is 5.13. The average Bonchev–Trinajstić information content (AvgIpc) is 2.53. The zero-order valence-corrected chi connectivity index (χ0v) is 12.9. The highest BCUT2D eigenvalue weighted by Crippen LogP contribution is 2.09. The second-order valence-corrected chi connectivity index (χ2v) is 5.56. The first-order valence-electron chi connectivity index (χ1n) is 7.03. The van der Waals surface area contributed by atoms with E-state index in [4.69, 9.17) is 11.6 Å². The monoisotopic (exact) mass is 335 g/mol. The van der Waals surface area contributed by atoms with Crippen LogP contribution in [0.25, 0.3) is 0 Å². The Bertz CT molecular complexity index is 686. The van der Waals surface area contributed by atoms with Gasteiger partial charge in [-0.2, -0.15) is 0 Å². The molecular formula is C17H15ClFNO3. The van der Waals surface area contributed by atoms with Crippen LogP contribution in [0.2, 0.25) is 5.02 Å². The van der Waals surface area contributed by atoms with Crippen molar-refractivity contribution in [1.29, 1.82) is 0 Å². The summed E-state index contributed by atoms with van der Waals surface area (Å²) in [6, 6.07) is 11.0. The lowest BCUT2D eigenvalue weighted by molar-refractivity contribution is -0.697. The number of carboxylic acid groups (broad SMARTS) is 1. The SMILES string of the molecule is O=C(C[C@H]([NH2+]Cc1ccc(Cl)cc1)C(=O)[O-])c1ccc(F)cc1. The maximum Gasteiger partial charge on any atom is 0.169 e. The van der Waals surface area contributed by atoms with Crippen LogP contribution >= 0.6 is 11.6 Å². The molecule has 0 aliphatic carbocycles. The Labute approximate surface area is 137 Å². The van der Waals surface area contributed by atoms with E-state index in [1.165, 1.54) is 29.6 Å². The maximum absolute atomic E-state index is 12.8. The van der Waals surface area contributed by atoms with Crippen molar-refractivity contribution in [1.82, 2.24) is 0 Å². The molecule has 0 aliphatic rings. The number of benzene rings is 2. The molecule has 0 spiro atoms. The molecule has 0 aromatic heterocycles. The van der Waals surface area contributed by atoms with Crippen molar-refractivity contribution in [2.45, 2.75) is 19.0 Å². The van der Waals surface area contributed by atoms with Crippen molar-refractivity contribution in [3.63, 3.8) is 0 Å². The maximum atomic E-state index is 12.8. The smallest absolute Gasteiger partial charge is 0.169 e. The van der Waals surface area contributed by atoms with Gasteiger partial charge >= 0.3 is 0 Å². The number of hydrogen-bond donors (Lipinski definition) is 1. The molecular weight excluding hydrogens is 321 g/mol. The summed E-state index contributed by atoms with van der Waals surface area (Å²) in [5.41, 5.74) is 1.16. The zero-order chi connectivity index (χ0) is 16.8. The number of quaternary nitrogens is 1. The molecule has 0 saturated carbocycles. The Morgan fingerprint density at radius 3 is 2.26 bits per heavy atom. The summed E-state index contributed by atoms with van der Waals surface area (Å²) < 4.78 is 12.8. The van der Waals surface area contributed by atoms with Gasteiger partial charge in [0, 0.05) is 16.1 Å². The first kappa shape index (κ1) is 17.1. The molecule has 0 aliphatic heterocycles. The van der Waals surface area contributed by atoms with Gasteiger partial charge in [-0.1, -0.05) is 23.7 Å².